The molecular formula is C31H51NO5. The van der Waals surface area contributed by atoms with Gasteiger partial charge in [-0.25, -0.2) is 0 Å². The predicted molar refractivity (Wildman–Crippen MR) is 147 cm³/mol. The molecule has 0 aromatic rings. The molecule has 1 fully saturated rings. The first-order valence-corrected chi connectivity index (χ1v) is 14.8. The molecule has 6 heteroatoms. The molecular weight excluding hydrogens is 466 g/mol. The van der Waals surface area contributed by atoms with Gasteiger partial charge < -0.3 is 20.3 Å². The molecule has 7 atom stereocenters. The second-order valence-corrected chi connectivity index (χ2v) is 12.7. The van der Waals surface area contributed by atoms with E-state index in [4.69, 9.17) is 4.74 Å². The summed E-state index contributed by atoms with van der Waals surface area (Å²) < 4.78 is 6.18. The summed E-state index contributed by atoms with van der Waals surface area (Å²) >= 11 is 0. The lowest BCUT2D eigenvalue weighted by atomic mass is 9.65. The van der Waals surface area contributed by atoms with E-state index < -0.39 is 17.6 Å². The molecule has 0 bridgehead atoms. The van der Waals surface area contributed by atoms with Crippen LogP contribution in [-0.2, 0) is 14.3 Å². The number of esters is 1. The maximum atomic E-state index is 13.0. The average molecular weight is 518 g/mol. The van der Waals surface area contributed by atoms with Gasteiger partial charge in [-0.1, -0.05) is 58.3 Å². The van der Waals surface area contributed by atoms with Crippen LogP contribution in [0, 0.1) is 29.1 Å². The first-order chi connectivity index (χ1) is 17.5. The number of hydrogen-bond acceptors (Lipinski definition) is 5. The highest BCUT2D eigenvalue weighted by Gasteiger charge is 2.42. The lowest BCUT2D eigenvalue weighted by molar-refractivity contribution is -0.164. The van der Waals surface area contributed by atoms with Gasteiger partial charge in [-0.2, -0.15) is 0 Å². The number of rotatable bonds is 11. The van der Waals surface area contributed by atoms with Gasteiger partial charge in [0.2, 0.25) is 5.91 Å². The summed E-state index contributed by atoms with van der Waals surface area (Å²) in [6.07, 6.45) is 13.7. The van der Waals surface area contributed by atoms with Crippen LogP contribution in [0.3, 0.4) is 0 Å². The number of amides is 1. The van der Waals surface area contributed by atoms with Crippen LogP contribution in [0.1, 0.15) is 105 Å². The van der Waals surface area contributed by atoms with E-state index >= 15 is 0 Å². The minimum Gasteiger partial charge on any atom is -0.461 e. The van der Waals surface area contributed by atoms with Crippen LogP contribution >= 0.6 is 0 Å². The maximum Gasteiger partial charge on any atom is 0.311 e. The van der Waals surface area contributed by atoms with Gasteiger partial charge in [-0.3, -0.25) is 9.59 Å². The van der Waals surface area contributed by atoms with Crippen molar-refractivity contribution in [1.82, 2.24) is 5.32 Å². The van der Waals surface area contributed by atoms with Crippen molar-refractivity contribution in [2.75, 3.05) is 0 Å². The number of allylic oxidation sites excluding steroid dienone is 3. The highest BCUT2D eigenvalue weighted by molar-refractivity contribution is 5.77. The Hall–Kier alpha value is -1.66. The largest absolute Gasteiger partial charge is 0.461 e. The second kappa shape index (κ2) is 13.4. The highest BCUT2D eigenvalue weighted by Crippen LogP contribution is 2.45. The van der Waals surface area contributed by atoms with Gasteiger partial charge in [-0.05, 0) is 82.1 Å². The number of fused-ring (bicyclic) bond motifs is 1. The summed E-state index contributed by atoms with van der Waals surface area (Å²) in [5.41, 5.74) is 0.731. The number of aliphatic hydroxyl groups excluding tert-OH is 2. The van der Waals surface area contributed by atoms with Crippen molar-refractivity contribution in [2.45, 2.75) is 130 Å². The fraction of sp³-hybridized carbons (Fsp3) is 0.806. The topological polar surface area (TPSA) is 95.9 Å². The average Bonchev–Trinajstić information content (AvgIpc) is 2.83. The monoisotopic (exact) mass is 517 g/mol. The van der Waals surface area contributed by atoms with E-state index in [0.29, 0.717) is 18.3 Å². The zero-order valence-corrected chi connectivity index (χ0v) is 23.7. The predicted octanol–water partition coefficient (Wildman–Crippen LogP) is 5.47. The Morgan fingerprint density at radius 2 is 1.84 bits per heavy atom. The number of carbonyl (C=O) groups excluding carboxylic acids is 2. The molecule has 37 heavy (non-hydrogen) atoms. The molecule has 0 radical (unpaired) electrons. The third-order valence-corrected chi connectivity index (χ3v) is 9.06. The van der Waals surface area contributed by atoms with Gasteiger partial charge in [-0.15, -0.1) is 0 Å². The van der Waals surface area contributed by atoms with Crippen LogP contribution in [0.5, 0.6) is 0 Å². The van der Waals surface area contributed by atoms with Crippen molar-refractivity contribution < 1.29 is 24.5 Å². The lowest BCUT2D eigenvalue weighted by Gasteiger charge is -2.44. The van der Waals surface area contributed by atoms with Crippen LogP contribution in [0.15, 0.2) is 23.8 Å². The molecule has 0 aliphatic heterocycles. The van der Waals surface area contributed by atoms with E-state index in [2.05, 4.69) is 37.4 Å². The molecule has 3 N–H and O–H groups in total. The first kappa shape index (κ1) is 29.9. The number of hydrogen-bond donors (Lipinski definition) is 3. The summed E-state index contributed by atoms with van der Waals surface area (Å²) in [5.74, 6) is 0.744. The fourth-order valence-electron chi connectivity index (χ4n) is 6.31. The van der Waals surface area contributed by atoms with E-state index in [1.165, 1.54) is 12.0 Å². The Morgan fingerprint density at radius 3 is 2.51 bits per heavy atom. The van der Waals surface area contributed by atoms with E-state index in [1.54, 1.807) is 0 Å². The van der Waals surface area contributed by atoms with Crippen molar-refractivity contribution in [1.29, 1.82) is 0 Å². The zero-order chi connectivity index (χ0) is 27.2. The molecule has 1 saturated carbocycles. The number of carbonyl (C=O) groups is 2. The molecule has 0 saturated heterocycles. The van der Waals surface area contributed by atoms with Gasteiger partial charge >= 0.3 is 5.97 Å². The summed E-state index contributed by atoms with van der Waals surface area (Å²) in [6.45, 7) is 10.3. The van der Waals surface area contributed by atoms with E-state index in [9.17, 15) is 19.8 Å². The third kappa shape index (κ3) is 8.41. The molecule has 3 aliphatic rings. The molecule has 210 valence electrons. The van der Waals surface area contributed by atoms with Gasteiger partial charge in [0.05, 0.1) is 24.0 Å². The highest BCUT2D eigenvalue weighted by atomic mass is 16.5. The van der Waals surface area contributed by atoms with Crippen molar-refractivity contribution in [3.63, 3.8) is 0 Å². The van der Waals surface area contributed by atoms with E-state index in [-0.39, 0.29) is 48.7 Å². The summed E-state index contributed by atoms with van der Waals surface area (Å²) in [4.78, 5) is 25.3. The van der Waals surface area contributed by atoms with E-state index in [0.717, 1.165) is 44.9 Å². The van der Waals surface area contributed by atoms with Crippen LogP contribution in [0.2, 0.25) is 0 Å². The maximum absolute atomic E-state index is 13.0. The quantitative estimate of drug-likeness (QED) is 0.316. The minimum absolute atomic E-state index is 0.0365. The Kier molecular flexibility index (Phi) is 10.8. The Balaban J connectivity index is 1.56. The molecule has 0 aromatic heterocycles. The van der Waals surface area contributed by atoms with Crippen LogP contribution in [0.25, 0.3) is 0 Å². The standard InChI is InChI=1S/C31H51NO5/c1-6-31(4,5)30(36)37-27-17-20(2)16-22-13-12-21(3)26(29(22)27)15-14-24(33)18-25(34)19-28(35)32-23-10-8-7-9-11-23/h12-13,16,20-21,23-27,29,33-34H,6-11,14-15,17-19H2,1-5H3,(H,32,35)/t20-,21-,24+,25+,26-,27-,29-/m0/s1. The second-order valence-electron chi connectivity index (χ2n) is 12.7. The minimum atomic E-state index is -0.849. The first-order valence-electron chi connectivity index (χ1n) is 14.8. The SMILES string of the molecule is CCC(C)(C)C(=O)O[C@H]1C[C@@H](C)C=C2C=C[C@H](C)[C@H](CC[C@@H](O)C[C@@H](O)CC(=O)NC3CCCCC3)[C@H]21. The van der Waals surface area contributed by atoms with Crippen molar-refractivity contribution in [3.8, 4) is 0 Å². The van der Waals surface area contributed by atoms with E-state index in [1.807, 2.05) is 20.8 Å². The zero-order valence-electron chi connectivity index (χ0n) is 23.7. The third-order valence-electron chi connectivity index (χ3n) is 9.06. The number of ether oxygens (including phenoxy) is 1. The summed E-state index contributed by atoms with van der Waals surface area (Å²) in [6, 6.07) is 0.227. The van der Waals surface area contributed by atoms with Crippen LogP contribution in [-0.4, -0.2) is 46.4 Å². The smallest absolute Gasteiger partial charge is 0.311 e. The van der Waals surface area contributed by atoms with Gasteiger partial charge in [0, 0.05) is 12.0 Å². The van der Waals surface area contributed by atoms with Crippen molar-refractivity contribution in [2.24, 2.45) is 29.1 Å². The molecule has 0 heterocycles. The van der Waals surface area contributed by atoms with Crippen molar-refractivity contribution in [3.05, 3.63) is 23.8 Å². The van der Waals surface area contributed by atoms with Crippen LogP contribution < -0.4 is 5.32 Å². The molecule has 3 rings (SSSR count). The van der Waals surface area contributed by atoms with Crippen molar-refractivity contribution >= 4 is 11.9 Å². The van der Waals surface area contributed by atoms with Crippen LogP contribution in [0.4, 0.5) is 0 Å². The molecule has 0 unspecified atom stereocenters. The summed E-state index contributed by atoms with van der Waals surface area (Å²) in [5, 5.41) is 24.3. The normalized spacial score (nSPS) is 30.1. The van der Waals surface area contributed by atoms with Gasteiger partial charge in [0.15, 0.2) is 0 Å². The van der Waals surface area contributed by atoms with Gasteiger partial charge in [0.25, 0.3) is 0 Å². The Labute approximate surface area is 224 Å². The number of nitrogens with one attached hydrogen (secondary N) is 1. The molecule has 0 spiro atoms. The lowest BCUT2D eigenvalue weighted by Crippen LogP contribution is -2.43. The van der Waals surface area contributed by atoms with Gasteiger partial charge in [0.1, 0.15) is 6.10 Å². The summed E-state index contributed by atoms with van der Waals surface area (Å²) in [7, 11) is 0. The number of aliphatic hydroxyl groups is 2. The molecule has 3 aliphatic carbocycles. The molecule has 6 nitrogen and oxygen atoms in total. The molecule has 1 amide bonds. The Morgan fingerprint density at radius 1 is 1.14 bits per heavy atom. The Bertz CT molecular complexity index is 827. The fourth-order valence-corrected chi connectivity index (χ4v) is 6.31. The molecule has 0 aromatic carbocycles.